The van der Waals surface area contributed by atoms with E-state index in [4.69, 9.17) is 0 Å². The molecule has 0 N–H and O–H groups in total. The van der Waals surface area contributed by atoms with Crippen LogP contribution < -0.4 is 0 Å². The van der Waals surface area contributed by atoms with Crippen LogP contribution in [0.5, 0.6) is 0 Å². The van der Waals surface area contributed by atoms with Crippen molar-refractivity contribution in [2.24, 2.45) is 23.7 Å². The fraction of sp³-hybridized carbons (Fsp3) is 1.00. The Kier molecular flexibility index (Phi) is 3.94. The number of fused-ring (bicyclic) bond motifs is 1. The summed E-state index contributed by atoms with van der Waals surface area (Å²) in [4.78, 5) is 2.61. The Labute approximate surface area is 102 Å². The maximum absolute atomic E-state index is 2.61. The zero-order chi connectivity index (χ0) is 11.7. The summed E-state index contributed by atoms with van der Waals surface area (Å²) >= 11 is 0. The van der Waals surface area contributed by atoms with Gasteiger partial charge in [-0.1, -0.05) is 33.1 Å². The number of hydrogen-bond donors (Lipinski definition) is 0. The van der Waals surface area contributed by atoms with E-state index in [-0.39, 0.29) is 0 Å². The average Bonchev–Trinajstić information content (AvgIpc) is 2.57. The molecule has 0 radical (unpaired) electrons. The first-order valence-electron chi connectivity index (χ1n) is 7.39. The lowest BCUT2D eigenvalue weighted by Crippen LogP contribution is -2.35. The van der Waals surface area contributed by atoms with Crippen molar-refractivity contribution in [1.29, 1.82) is 0 Å². The molecule has 1 nitrogen and oxygen atoms in total. The van der Waals surface area contributed by atoms with Gasteiger partial charge in [0.05, 0.1) is 0 Å². The van der Waals surface area contributed by atoms with Crippen LogP contribution in [-0.4, -0.2) is 24.5 Å². The van der Waals surface area contributed by atoms with Crippen LogP contribution in [0.2, 0.25) is 0 Å². The van der Waals surface area contributed by atoms with Gasteiger partial charge in [0.15, 0.2) is 0 Å². The molecule has 16 heavy (non-hydrogen) atoms. The van der Waals surface area contributed by atoms with Crippen LogP contribution in [0.25, 0.3) is 0 Å². The van der Waals surface area contributed by atoms with Crippen molar-refractivity contribution in [2.45, 2.75) is 58.9 Å². The fourth-order valence-electron chi connectivity index (χ4n) is 4.49. The smallest absolute Gasteiger partial charge is 0.00954 e. The third kappa shape index (κ3) is 2.03. The topological polar surface area (TPSA) is 3.24 Å². The van der Waals surface area contributed by atoms with E-state index in [2.05, 4.69) is 32.7 Å². The highest BCUT2D eigenvalue weighted by Crippen LogP contribution is 2.48. The maximum atomic E-state index is 2.61. The Morgan fingerprint density at radius 2 is 1.88 bits per heavy atom. The Morgan fingerprint density at radius 1 is 1.12 bits per heavy atom. The van der Waals surface area contributed by atoms with E-state index in [0.717, 1.165) is 29.7 Å². The van der Waals surface area contributed by atoms with Crippen LogP contribution in [0.3, 0.4) is 0 Å². The first-order chi connectivity index (χ1) is 7.69. The van der Waals surface area contributed by atoms with Crippen LogP contribution in [0.15, 0.2) is 0 Å². The van der Waals surface area contributed by atoms with Gasteiger partial charge in [-0.2, -0.15) is 0 Å². The highest BCUT2D eigenvalue weighted by molar-refractivity contribution is 4.97. The summed E-state index contributed by atoms with van der Waals surface area (Å²) in [6, 6.07) is 0.835. The highest BCUT2D eigenvalue weighted by Gasteiger charge is 2.45. The summed E-state index contributed by atoms with van der Waals surface area (Å²) in [5.74, 6) is 4.07. The highest BCUT2D eigenvalue weighted by atomic mass is 15.2. The van der Waals surface area contributed by atoms with Gasteiger partial charge in [-0.05, 0) is 50.5 Å². The molecule has 5 unspecified atom stereocenters. The van der Waals surface area contributed by atoms with E-state index in [0.29, 0.717) is 0 Å². The Morgan fingerprint density at radius 3 is 2.50 bits per heavy atom. The number of likely N-dealkylation sites (tertiary alicyclic amines) is 1. The van der Waals surface area contributed by atoms with Crippen molar-refractivity contribution in [3.63, 3.8) is 0 Å². The monoisotopic (exact) mass is 223 g/mol. The van der Waals surface area contributed by atoms with Crippen LogP contribution in [0, 0.1) is 23.7 Å². The normalized spacial score (nSPS) is 44.6. The Balaban J connectivity index is 2.11. The minimum Gasteiger partial charge on any atom is -0.303 e. The van der Waals surface area contributed by atoms with Gasteiger partial charge < -0.3 is 4.90 Å². The van der Waals surface area contributed by atoms with Gasteiger partial charge in [-0.15, -0.1) is 0 Å². The van der Waals surface area contributed by atoms with Gasteiger partial charge in [-0.25, -0.2) is 0 Å². The van der Waals surface area contributed by atoms with Gasteiger partial charge in [0, 0.05) is 12.6 Å². The van der Waals surface area contributed by atoms with Gasteiger partial charge in [0.2, 0.25) is 0 Å². The van der Waals surface area contributed by atoms with E-state index in [1.807, 2.05) is 0 Å². The van der Waals surface area contributed by atoms with Gasteiger partial charge in [0.25, 0.3) is 0 Å². The standard InChI is InChI=1S/C15H29N/c1-5-7-14-12(6-2)8-9-13-11(3)16(4)10-15(13)14/h11-15H,5-10H2,1-4H3. The van der Waals surface area contributed by atoms with Crippen molar-refractivity contribution in [2.75, 3.05) is 13.6 Å². The zero-order valence-electron chi connectivity index (χ0n) is 11.6. The Hall–Kier alpha value is -0.0400. The van der Waals surface area contributed by atoms with Crippen molar-refractivity contribution in [1.82, 2.24) is 4.90 Å². The summed E-state index contributed by atoms with van der Waals surface area (Å²) < 4.78 is 0. The van der Waals surface area contributed by atoms with E-state index in [9.17, 15) is 0 Å². The zero-order valence-corrected chi connectivity index (χ0v) is 11.6. The summed E-state index contributed by atoms with van der Waals surface area (Å²) in [6.07, 6.45) is 7.25. The summed E-state index contributed by atoms with van der Waals surface area (Å²) in [7, 11) is 2.33. The van der Waals surface area contributed by atoms with Gasteiger partial charge >= 0.3 is 0 Å². The molecule has 0 aromatic carbocycles. The van der Waals surface area contributed by atoms with Crippen molar-refractivity contribution in [3.05, 3.63) is 0 Å². The third-order valence-electron chi connectivity index (χ3n) is 5.54. The number of hydrogen-bond acceptors (Lipinski definition) is 1. The first kappa shape index (κ1) is 12.4. The molecule has 0 spiro atoms. The number of nitrogens with zero attached hydrogens (tertiary/aromatic N) is 1. The fourth-order valence-corrected chi connectivity index (χ4v) is 4.49. The lowest BCUT2D eigenvalue weighted by molar-refractivity contribution is 0.102. The largest absolute Gasteiger partial charge is 0.303 e. The quantitative estimate of drug-likeness (QED) is 0.703. The van der Waals surface area contributed by atoms with Crippen LogP contribution in [0.4, 0.5) is 0 Å². The lowest BCUT2D eigenvalue weighted by atomic mass is 9.64. The molecule has 94 valence electrons. The van der Waals surface area contributed by atoms with Crippen LogP contribution >= 0.6 is 0 Å². The molecule has 2 aliphatic rings. The molecule has 1 heteroatoms. The molecule has 1 saturated carbocycles. The van der Waals surface area contributed by atoms with Crippen LogP contribution in [0.1, 0.15) is 52.9 Å². The van der Waals surface area contributed by atoms with Gasteiger partial charge in [-0.3, -0.25) is 0 Å². The predicted molar refractivity (Wildman–Crippen MR) is 70.5 cm³/mol. The molecule has 2 fully saturated rings. The molecule has 0 aromatic heterocycles. The molecule has 1 aliphatic heterocycles. The molecule has 0 bridgehead atoms. The van der Waals surface area contributed by atoms with E-state index >= 15 is 0 Å². The molecule has 2 rings (SSSR count). The molecule has 5 atom stereocenters. The maximum Gasteiger partial charge on any atom is 0.00954 e. The second-order valence-electron chi connectivity index (χ2n) is 6.21. The van der Waals surface area contributed by atoms with E-state index in [1.54, 1.807) is 0 Å². The predicted octanol–water partition coefficient (Wildman–Crippen LogP) is 3.79. The summed E-state index contributed by atoms with van der Waals surface area (Å²) in [5.41, 5.74) is 0. The molecule has 0 amide bonds. The van der Waals surface area contributed by atoms with Crippen molar-refractivity contribution < 1.29 is 0 Å². The summed E-state index contributed by atoms with van der Waals surface area (Å²) in [5, 5.41) is 0. The molecule has 1 heterocycles. The van der Waals surface area contributed by atoms with E-state index in [1.165, 1.54) is 38.6 Å². The minimum absolute atomic E-state index is 0.835. The second-order valence-corrected chi connectivity index (χ2v) is 6.21. The van der Waals surface area contributed by atoms with E-state index < -0.39 is 0 Å². The molecule has 1 aliphatic carbocycles. The first-order valence-corrected chi connectivity index (χ1v) is 7.39. The average molecular weight is 223 g/mol. The molecule has 1 saturated heterocycles. The van der Waals surface area contributed by atoms with Crippen molar-refractivity contribution >= 4 is 0 Å². The van der Waals surface area contributed by atoms with Crippen molar-refractivity contribution in [3.8, 4) is 0 Å². The number of rotatable bonds is 3. The SMILES string of the molecule is CCCC1C(CC)CCC2C1CN(C)C2C. The van der Waals surface area contributed by atoms with Crippen LogP contribution in [-0.2, 0) is 0 Å². The second kappa shape index (κ2) is 5.08. The molecular weight excluding hydrogens is 194 g/mol. The summed E-state index contributed by atoms with van der Waals surface area (Å²) in [6.45, 7) is 8.57. The van der Waals surface area contributed by atoms with Gasteiger partial charge in [0.1, 0.15) is 0 Å². The lowest BCUT2D eigenvalue weighted by Gasteiger charge is -2.40. The molecular formula is C15H29N. The minimum atomic E-state index is 0.835. The third-order valence-corrected chi connectivity index (χ3v) is 5.54. The molecule has 0 aromatic rings. The Bertz CT molecular complexity index is 225.